The summed E-state index contributed by atoms with van der Waals surface area (Å²) in [5.74, 6) is 0.570. The van der Waals surface area contributed by atoms with E-state index < -0.39 is 0 Å². The summed E-state index contributed by atoms with van der Waals surface area (Å²) < 4.78 is 5.59. The van der Waals surface area contributed by atoms with Gasteiger partial charge in [0.25, 0.3) is 5.91 Å². The summed E-state index contributed by atoms with van der Waals surface area (Å²) in [7, 11) is 0. The Morgan fingerprint density at radius 2 is 1.96 bits per heavy atom. The van der Waals surface area contributed by atoms with E-state index in [0.29, 0.717) is 38.8 Å². The third kappa shape index (κ3) is 3.59. The summed E-state index contributed by atoms with van der Waals surface area (Å²) in [6.07, 6.45) is 8.89. The van der Waals surface area contributed by atoms with Gasteiger partial charge in [0.2, 0.25) is 5.91 Å². The Morgan fingerprint density at radius 3 is 2.67 bits per heavy atom. The monoisotopic (exact) mass is 371 g/mol. The summed E-state index contributed by atoms with van der Waals surface area (Å²) in [6, 6.07) is 1.82. The van der Waals surface area contributed by atoms with Crippen molar-refractivity contribution < 1.29 is 14.3 Å². The van der Waals surface area contributed by atoms with Crippen LogP contribution < -0.4 is 0 Å². The Labute approximate surface area is 160 Å². The number of hydrogen-bond donors (Lipinski definition) is 0. The summed E-state index contributed by atoms with van der Waals surface area (Å²) >= 11 is 0. The highest BCUT2D eigenvalue weighted by atomic mass is 16.5. The highest BCUT2D eigenvalue weighted by molar-refractivity contribution is 5.95. The van der Waals surface area contributed by atoms with Gasteiger partial charge in [-0.15, -0.1) is 0 Å². The van der Waals surface area contributed by atoms with Crippen molar-refractivity contribution in [2.75, 3.05) is 32.8 Å². The maximum Gasteiger partial charge on any atom is 0.254 e. The van der Waals surface area contributed by atoms with Crippen molar-refractivity contribution in [1.29, 1.82) is 0 Å². The highest BCUT2D eigenvalue weighted by Gasteiger charge is 2.46. The number of pyridine rings is 1. The van der Waals surface area contributed by atoms with Gasteiger partial charge in [0.05, 0.1) is 0 Å². The average Bonchev–Trinajstić information content (AvgIpc) is 3.56. The fourth-order valence-corrected chi connectivity index (χ4v) is 4.50. The van der Waals surface area contributed by atoms with Gasteiger partial charge in [-0.05, 0) is 50.2 Å². The van der Waals surface area contributed by atoms with Gasteiger partial charge in [-0.2, -0.15) is 0 Å². The lowest BCUT2D eigenvalue weighted by Gasteiger charge is -2.45. The summed E-state index contributed by atoms with van der Waals surface area (Å²) in [5, 5.41) is 0. The second-order valence-electron chi connectivity index (χ2n) is 8.03. The largest absolute Gasteiger partial charge is 0.381 e. The SMILES string of the molecule is CCc1cnccc1C(=O)N1CCN(C(=O)C2CC2)C2(CCOCC2)CC1. The van der Waals surface area contributed by atoms with Crippen LogP contribution in [0.1, 0.15) is 54.9 Å². The van der Waals surface area contributed by atoms with E-state index >= 15 is 0 Å². The zero-order chi connectivity index (χ0) is 18.9. The molecule has 6 nitrogen and oxygen atoms in total. The van der Waals surface area contributed by atoms with E-state index in [-0.39, 0.29) is 17.4 Å². The molecule has 3 fully saturated rings. The number of nitrogens with zero attached hydrogens (tertiary/aromatic N) is 3. The van der Waals surface area contributed by atoms with Crippen LogP contribution in [0.5, 0.6) is 0 Å². The number of amides is 2. The molecule has 1 aromatic rings. The average molecular weight is 371 g/mol. The minimum Gasteiger partial charge on any atom is -0.381 e. The molecule has 1 saturated carbocycles. The Morgan fingerprint density at radius 1 is 1.19 bits per heavy atom. The van der Waals surface area contributed by atoms with Crippen LogP contribution in [0.4, 0.5) is 0 Å². The number of carbonyl (C=O) groups excluding carboxylic acids is 2. The van der Waals surface area contributed by atoms with E-state index in [1.54, 1.807) is 12.4 Å². The molecule has 1 aromatic heterocycles. The molecule has 1 aliphatic carbocycles. The zero-order valence-electron chi connectivity index (χ0n) is 16.2. The molecule has 1 spiro atoms. The molecule has 0 aromatic carbocycles. The smallest absolute Gasteiger partial charge is 0.254 e. The number of carbonyl (C=O) groups is 2. The molecule has 0 N–H and O–H groups in total. The van der Waals surface area contributed by atoms with Crippen LogP contribution >= 0.6 is 0 Å². The van der Waals surface area contributed by atoms with Crippen molar-refractivity contribution >= 4 is 11.8 Å². The molecule has 3 aliphatic rings. The first-order valence-corrected chi connectivity index (χ1v) is 10.3. The molecular weight excluding hydrogens is 342 g/mol. The van der Waals surface area contributed by atoms with Gasteiger partial charge < -0.3 is 14.5 Å². The number of ether oxygens (including phenoxy) is 1. The molecule has 2 amide bonds. The zero-order valence-corrected chi connectivity index (χ0v) is 16.2. The van der Waals surface area contributed by atoms with E-state index in [1.165, 1.54) is 0 Å². The van der Waals surface area contributed by atoms with Gasteiger partial charge in [0.1, 0.15) is 0 Å². The van der Waals surface area contributed by atoms with Crippen LogP contribution in [-0.4, -0.2) is 65.0 Å². The van der Waals surface area contributed by atoms with Crippen molar-refractivity contribution in [1.82, 2.24) is 14.8 Å². The van der Waals surface area contributed by atoms with Crippen molar-refractivity contribution in [2.45, 2.75) is 51.0 Å². The number of rotatable bonds is 3. The van der Waals surface area contributed by atoms with Crippen LogP contribution in [0.15, 0.2) is 18.5 Å². The third-order valence-corrected chi connectivity index (χ3v) is 6.43. The quantitative estimate of drug-likeness (QED) is 0.818. The second kappa shape index (κ2) is 7.58. The fourth-order valence-electron chi connectivity index (χ4n) is 4.50. The first-order valence-electron chi connectivity index (χ1n) is 10.3. The number of aromatic nitrogens is 1. The molecule has 3 heterocycles. The van der Waals surface area contributed by atoms with E-state index in [1.807, 2.05) is 17.9 Å². The Kier molecular flexibility index (Phi) is 5.17. The molecule has 2 aliphatic heterocycles. The third-order valence-electron chi connectivity index (χ3n) is 6.43. The van der Waals surface area contributed by atoms with Gasteiger partial charge >= 0.3 is 0 Å². The van der Waals surface area contributed by atoms with E-state index in [4.69, 9.17) is 4.74 Å². The molecular formula is C21H29N3O3. The first-order chi connectivity index (χ1) is 13.1. The standard InChI is InChI=1S/C21H29N3O3/c1-2-16-15-22-9-5-18(16)20(26)23-10-6-21(7-13-27-14-8-21)24(12-11-23)19(25)17-3-4-17/h5,9,15,17H,2-4,6-8,10-14H2,1H3. The summed E-state index contributed by atoms with van der Waals surface area (Å²) in [6.45, 7) is 5.38. The van der Waals surface area contributed by atoms with Crippen LogP contribution in [0.25, 0.3) is 0 Å². The molecule has 0 bridgehead atoms. The lowest BCUT2D eigenvalue weighted by molar-refractivity contribution is -0.143. The van der Waals surface area contributed by atoms with E-state index in [9.17, 15) is 9.59 Å². The molecule has 6 heteroatoms. The fraction of sp³-hybridized carbons (Fsp3) is 0.667. The minimum absolute atomic E-state index is 0.0668. The Balaban J connectivity index is 1.56. The van der Waals surface area contributed by atoms with Gasteiger partial charge in [0, 0.05) is 62.3 Å². The van der Waals surface area contributed by atoms with E-state index in [2.05, 4.69) is 9.88 Å². The van der Waals surface area contributed by atoms with Crippen molar-refractivity contribution in [3.8, 4) is 0 Å². The minimum atomic E-state index is -0.140. The van der Waals surface area contributed by atoms with E-state index in [0.717, 1.165) is 49.7 Å². The van der Waals surface area contributed by atoms with Crippen LogP contribution in [0.3, 0.4) is 0 Å². The second-order valence-corrected chi connectivity index (χ2v) is 8.03. The first kappa shape index (κ1) is 18.4. The maximum atomic E-state index is 13.2. The highest BCUT2D eigenvalue weighted by Crippen LogP contribution is 2.39. The maximum absolute atomic E-state index is 13.2. The number of hydrogen-bond acceptors (Lipinski definition) is 4. The van der Waals surface area contributed by atoms with Crippen molar-refractivity contribution in [3.05, 3.63) is 29.6 Å². The molecule has 146 valence electrons. The molecule has 0 radical (unpaired) electrons. The van der Waals surface area contributed by atoms with Crippen molar-refractivity contribution in [2.24, 2.45) is 5.92 Å². The number of aryl methyl sites for hydroxylation is 1. The van der Waals surface area contributed by atoms with Gasteiger partial charge in [-0.1, -0.05) is 6.92 Å². The van der Waals surface area contributed by atoms with Crippen LogP contribution in [0.2, 0.25) is 0 Å². The summed E-state index contributed by atoms with van der Waals surface area (Å²) in [5.41, 5.74) is 1.59. The topological polar surface area (TPSA) is 62.7 Å². The lowest BCUT2D eigenvalue weighted by atomic mass is 9.84. The van der Waals surface area contributed by atoms with Gasteiger partial charge in [0.15, 0.2) is 0 Å². The molecule has 2 saturated heterocycles. The normalized spacial score (nSPS) is 22.6. The Bertz CT molecular complexity index is 710. The van der Waals surface area contributed by atoms with Crippen LogP contribution in [-0.2, 0) is 16.0 Å². The van der Waals surface area contributed by atoms with Gasteiger partial charge in [-0.3, -0.25) is 14.6 Å². The van der Waals surface area contributed by atoms with Crippen LogP contribution in [0, 0.1) is 5.92 Å². The predicted molar refractivity (Wildman–Crippen MR) is 101 cm³/mol. The molecule has 0 unspecified atom stereocenters. The summed E-state index contributed by atoms with van der Waals surface area (Å²) in [4.78, 5) is 34.4. The van der Waals surface area contributed by atoms with Crippen molar-refractivity contribution in [3.63, 3.8) is 0 Å². The molecule has 0 atom stereocenters. The molecule has 27 heavy (non-hydrogen) atoms. The Hall–Kier alpha value is -1.95. The predicted octanol–water partition coefficient (Wildman–Crippen LogP) is 2.28. The lowest BCUT2D eigenvalue weighted by Crippen LogP contribution is -2.55. The van der Waals surface area contributed by atoms with Gasteiger partial charge in [-0.25, -0.2) is 0 Å². The molecule has 4 rings (SSSR count).